The van der Waals surface area contributed by atoms with Crippen LogP contribution in [0.15, 0.2) is 104 Å². The maximum atomic E-state index is 15.7. The Labute approximate surface area is 753 Å². The average Bonchev–Trinajstić information content (AvgIpc) is 1.73. The SMILES string of the molecule is CCCC[C@H]1C(=O)N(C)[C@@H](CCCC)C(=O)N[C@@H](CC(C)C)C(=O)NCCSCC(=O)N[C@@H](Cc2ccc(O)cc2)C(=O)N(C)[C@@H](C)C(=O)N[C@@H](CC(N)=O)C(=O)N2CCCC2C(=O)N[C@@H](CNc2ccc(C(F)(F)F)cn2)C(=O)NCC(=O)N2CCCC2C(=O)N[C@@H](Cc2c[nH]c3ccccc23)C(=O)NC(N)C(=O)N[C@@H](Cc2cn(CC(=O)O)c3ccccc23)C(=O)N1C. The molecule has 17 N–H and O–H groups in total. The minimum atomic E-state index is -4.80. The van der Waals surface area contributed by atoms with Crippen molar-refractivity contribution in [3.63, 3.8) is 0 Å². The molecule has 130 heavy (non-hydrogen) atoms. The van der Waals surface area contributed by atoms with Crippen LogP contribution < -0.4 is 64.6 Å². The average molecular weight is 1830 g/mol. The van der Waals surface area contributed by atoms with E-state index in [2.05, 4.69) is 63.1 Å². The first kappa shape index (κ1) is 101. The van der Waals surface area contributed by atoms with Gasteiger partial charge < -0.3 is 109 Å². The fraction of sp³-hybridized carbons (Fsp3) is 0.511. The standard InChI is InChI=1S/C88H117F3N20O18S/c1-9-11-22-66-80(122)100-59(37-49(3)4)77(119)94-33-36-130-48-72(114)99-61(38-51-27-30-55(112)31-28-51)84(126)106(6)50(5)76(118)102-63(41-70(92)113)86(128)111-35-18-26-68(111)82(124)104-64(44-97-71-32-29-54(43-96-71)88(89,90)91)78(120)98-45-73(115)110-34-17-25-67(110)81(123)101-60(39-52-42-95-58-21-15-13-19-56(52)58)79(121)105-75(93)83(125)103-62(85(127)108(8)69(23-12-10-2)87(129)107(66)7)40-53-46-109(47-74(116)117)65-24-16-14-20-57(53)65/h13-16,19-21,24,27-32,42-43,46,49-50,59-64,66-69,75,95,112H,9-12,17-18,22-23,25-26,33-41,44-45,47-48,93H2,1-8H3,(H2,92,113)(H,94,119)(H,96,97)(H,98,120)(H,99,114)(H,100,122)(H,101,123)(H,102,118)(H,103,125)(H,104,124)(H,105,121)(H,116,117)/t50-,59-,60-,61-,62-,63-,64-,66-,67?,68?,69-,75?/m0/s1. The molecule has 6 heterocycles. The van der Waals surface area contributed by atoms with E-state index in [1.165, 1.54) is 68.0 Å². The number of nitrogens with two attached hydrogens (primary N) is 2. The third-order valence-electron chi connectivity index (χ3n) is 23.2. The minimum Gasteiger partial charge on any atom is -0.508 e. The van der Waals surface area contributed by atoms with Crippen molar-refractivity contribution in [2.24, 2.45) is 17.4 Å². The summed E-state index contributed by atoms with van der Waals surface area (Å²) in [5, 5.41) is 47.8. The number of pyridine rings is 1. The number of primary amides is 1. The molecule has 12 atom stereocenters. The molecule has 0 saturated carbocycles. The third-order valence-corrected chi connectivity index (χ3v) is 24.2. The number of thioether (sulfide) groups is 1. The number of nitrogens with one attached hydrogen (secondary N) is 11. The van der Waals surface area contributed by atoms with E-state index in [1.807, 2.05) is 27.7 Å². The number of halogens is 3. The van der Waals surface area contributed by atoms with Gasteiger partial charge >= 0.3 is 12.1 Å². The molecule has 704 valence electrons. The van der Waals surface area contributed by atoms with Crippen LogP contribution in [0.5, 0.6) is 5.75 Å². The first-order chi connectivity index (χ1) is 61.8. The van der Waals surface area contributed by atoms with Gasteiger partial charge in [0, 0.05) is 113 Å². The van der Waals surface area contributed by atoms with Gasteiger partial charge in [-0.25, -0.2) is 4.98 Å². The number of alkyl halides is 3. The number of amides is 15. The number of H-pyrrole nitrogens is 1. The second kappa shape index (κ2) is 46.9. The van der Waals surface area contributed by atoms with Crippen LogP contribution in [-0.2, 0) is 109 Å². The Bertz CT molecular complexity index is 5070. The molecule has 3 saturated heterocycles. The zero-order chi connectivity index (χ0) is 95.0. The second-order valence-corrected chi connectivity index (χ2v) is 34.3. The van der Waals surface area contributed by atoms with E-state index in [4.69, 9.17) is 11.5 Å². The molecule has 9 rings (SSSR count). The second-order valence-electron chi connectivity index (χ2n) is 33.2. The number of benzene rings is 3. The highest BCUT2D eigenvalue weighted by atomic mass is 32.2. The molecule has 0 bridgehead atoms. The summed E-state index contributed by atoms with van der Waals surface area (Å²) in [6.45, 7) is 6.42. The molecule has 38 nitrogen and oxygen atoms in total. The van der Waals surface area contributed by atoms with Crippen LogP contribution in [-0.4, -0.2) is 282 Å². The summed E-state index contributed by atoms with van der Waals surface area (Å²) >= 11 is 1.07. The number of carboxylic acid groups (broad SMARTS) is 1. The number of hydrogen-bond donors (Lipinski definition) is 15. The number of carboxylic acids is 1. The number of phenolic OH excluding ortho intramolecular Hbond substituents is 1. The normalized spacial score (nSPS) is 23.7. The summed E-state index contributed by atoms with van der Waals surface area (Å²) in [7, 11) is 4.00. The number of unbranched alkanes of at least 4 members (excludes halogenated alkanes) is 2. The Morgan fingerprint density at radius 3 is 1.84 bits per heavy atom. The molecule has 0 spiro atoms. The summed E-state index contributed by atoms with van der Waals surface area (Å²) in [6.07, 6.45) is -2.46. The first-order valence-corrected chi connectivity index (χ1v) is 44.5. The summed E-state index contributed by atoms with van der Waals surface area (Å²) in [6, 6.07) is 4.93. The highest BCUT2D eigenvalue weighted by Gasteiger charge is 2.44. The number of nitrogens with zero attached hydrogens (tertiary/aromatic N) is 7. The van der Waals surface area contributed by atoms with E-state index in [9.17, 15) is 85.7 Å². The van der Waals surface area contributed by atoms with Crippen LogP contribution >= 0.6 is 11.8 Å². The molecular formula is C88H117F3N20O18S. The predicted octanol–water partition coefficient (Wildman–Crippen LogP) is 1.54. The molecule has 0 aliphatic carbocycles. The first-order valence-electron chi connectivity index (χ1n) is 43.3. The van der Waals surface area contributed by atoms with Gasteiger partial charge in [0.05, 0.1) is 24.3 Å². The zero-order valence-electron chi connectivity index (χ0n) is 73.8. The van der Waals surface area contributed by atoms with Crippen molar-refractivity contribution in [2.75, 3.05) is 70.7 Å². The fourth-order valence-electron chi connectivity index (χ4n) is 16.0. The quantitative estimate of drug-likeness (QED) is 0.0486. The number of rotatable bonds is 21. The molecule has 42 heteroatoms. The topological polar surface area (TPSA) is 536 Å². The van der Waals surface area contributed by atoms with E-state index in [0.717, 1.165) is 37.4 Å². The van der Waals surface area contributed by atoms with Crippen molar-refractivity contribution in [1.82, 2.24) is 86.9 Å². The third kappa shape index (κ3) is 27.3. The van der Waals surface area contributed by atoms with Gasteiger partial charge in [-0.3, -0.25) is 76.7 Å². The van der Waals surface area contributed by atoms with E-state index in [1.54, 1.807) is 54.7 Å². The monoisotopic (exact) mass is 1830 g/mol. The highest BCUT2D eigenvalue weighted by Crippen LogP contribution is 2.31. The van der Waals surface area contributed by atoms with Crippen LogP contribution in [0, 0.1) is 5.92 Å². The molecule has 3 aromatic heterocycles. The van der Waals surface area contributed by atoms with Gasteiger partial charge in [0.2, 0.25) is 82.7 Å². The Balaban J connectivity index is 1.05. The van der Waals surface area contributed by atoms with E-state index in [-0.39, 0.29) is 113 Å². The maximum Gasteiger partial charge on any atom is 0.417 e. The number of anilines is 1. The lowest BCUT2D eigenvalue weighted by atomic mass is 9.99. The van der Waals surface area contributed by atoms with Crippen molar-refractivity contribution in [1.29, 1.82) is 0 Å². The molecule has 3 aliphatic heterocycles. The van der Waals surface area contributed by atoms with Crippen LogP contribution in [0.1, 0.15) is 134 Å². The van der Waals surface area contributed by atoms with Gasteiger partial charge in [-0.2, -0.15) is 24.9 Å². The summed E-state index contributed by atoms with van der Waals surface area (Å²) < 4.78 is 42.5. The van der Waals surface area contributed by atoms with Crippen molar-refractivity contribution in [3.05, 3.63) is 126 Å². The number of phenols is 1. The van der Waals surface area contributed by atoms with Gasteiger partial charge in [0.25, 0.3) is 5.91 Å². The van der Waals surface area contributed by atoms with Gasteiger partial charge in [-0.15, -0.1) is 0 Å². The number of aromatic nitrogens is 3. The van der Waals surface area contributed by atoms with Crippen molar-refractivity contribution < 1.29 is 100 Å². The molecule has 15 amide bonds. The molecule has 3 aromatic carbocycles. The smallest absolute Gasteiger partial charge is 0.417 e. The van der Waals surface area contributed by atoms with Crippen LogP contribution in [0.2, 0.25) is 0 Å². The Hall–Kier alpha value is -12.9. The van der Waals surface area contributed by atoms with E-state index in [0.29, 0.717) is 76.4 Å². The maximum absolute atomic E-state index is 15.7. The number of hydrogen-bond acceptors (Lipinski definition) is 21. The zero-order valence-corrected chi connectivity index (χ0v) is 74.7. The Kier molecular flexibility index (Phi) is 36.4. The van der Waals surface area contributed by atoms with Crippen LogP contribution in [0.25, 0.3) is 21.8 Å². The molecule has 3 fully saturated rings. The van der Waals surface area contributed by atoms with Gasteiger partial charge in [-0.1, -0.05) is 102 Å². The molecular weight excluding hydrogens is 1710 g/mol. The number of fused-ring (bicyclic) bond motifs is 4. The Morgan fingerprint density at radius 2 is 1.19 bits per heavy atom. The lowest BCUT2D eigenvalue weighted by molar-refractivity contribution is -0.149. The molecule has 3 aliphatic rings. The lowest BCUT2D eigenvalue weighted by Crippen LogP contribution is -2.62. The number of para-hydroxylation sites is 2. The number of aromatic amines is 1. The van der Waals surface area contributed by atoms with Crippen LogP contribution in [0.4, 0.5) is 19.0 Å². The fourth-order valence-corrected chi connectivity index (χ4v) is 16.7. The van der Waals surface area contributed by atoms with E-state index < -0.39 is 205 Å². The van der Waals surface area contributed by atoms with Gasteiger partial charge in [-0.05, 0) is 111 Å². The number of carbonyl (C=O) groups is 16. The van der Waals surface area contributed by atoms with Gasteiger partial charge in [0.1, 0.15) is 84.6 Å². The summed E-state index contributed by atoms with van der Waals surface area (Å²) in [4.78, 5) is 244. The number of carbonyl (C=O) groups excluding carboxylic acids is 15. The number of likely N-dealkylation sites (N-methyl/N-ethyl adjacent to an activating group) is 3. The molecule has 3 unspecified atom stereocenters. The minimum absolute atomic E-state index is 0.00537. The van der Waals surface area contributed by atoms with E-state index >= 15 is 14.4 Å². The van der Waals surface area contributed by atoms with Crippen molar-refractivity contribution in [3.8, 4) is 5.75 Å². The predicted molar refractivity (Wildman–Crippen MR) is 473 cm³/mol. The summed E-state index contributed by atoms with van der Waals surface area (Å²) in [5.74, 6) is -15.3. The Morgan fingerprint density at radius 1 is 0.608 bits per heavy atom. The van der Waals surface area contributed by atoms with Crippen LogP contribution in [0.3, 0.4) is 0 Å². The van der Waals surface area contributed by atoms with Crippen molar-refractivity contribution >= 4 is 134 Å². The molecule has 6 aromatic rings. The van der Waals surface area contributed by atoms with Gasteiger partial charge in [0.15, 0.2) is 6.17 Å². The molecule has 0 radical (unpaired) electrons. The number of aromatic hydroxyl groups is 1. The van der Waals surface area contributed by atoms with Crippen molar-refractivity contribution in [2.45, 2.75) is 216 Å². The lowest BCUT2D eigenvalue weighted by Gasteiger charge is -2.36. The highest BCUT2D eigenvalue weighted by molar-refractivity contribution is 7.99. The number of aliphatic carboxylic acids is 1. The largest absolute Gasteiger partial charge is 0.508 e. The summed E-state index contributed by atoms with van der Waals surface area (Å²) in [5.41, 5.74) is 13.6.